The second-order valence-electron chi connectivity index (χ2n) is 12.3. The maximum absolute atomic E-state index is 14.0. The summed E-state index contributed by atoms with van der Waals surface area (Å²) in [6, 6.07) is 14.5. The molecule has 3 fully saturated rings. The van der Waals surface area contributed by atoms with Gasteiger partial charge in [-0.05, 0) is 72.5 Å². The number of rotatable bonds is 7. The number of ether oxygens (including phenoxy) is 1. The van der Waals surface area contributed by atoms with Crippen molar-refractivity contribution >= 4 is 22.6 Å². The molecule has 2 aliphatic heterocycles. The fraction of sp³-hybridized carbons (Fsp3) is 0.455. The van der Waals surface area contributed by atoms with Gasteiger partial charge in [-0.2, -0.15) is 15.2 Å². The number of halogens is 2. The van der Waals surface area contributed by atoms with E-state index in [0.717, 1.165) is 28.8 Å². The zero-order valence-electron chi connectivity index (χ0n) is 24.2. The van der Waals surface area contributed by atoms with Crippen molar-refractivity contribution in [3.8, 4) is 23.2 Å². The maximum atomic E-state index is 14.0. The van der Waals surface area contributed by atoms with Gasteiger partial charge in [0.1, 0.15) is 18.6 Å². The van der Waals surface area contributed by atoms with Crippen LogP contribution in [-0.2, 0) is 11.2 Å². The molecule has 3 aromatic rings. The predicted molar refractivity (Wildman–Crippen MR) is 159 cm³/mol. The first kappa shape index (κ1) is 27.7. The third-order valence-corrected chi connectivity index (χ3v) is 9.58. The van der Waals surface area contributed by atoms with Crippen LogP contribution in [0.4, 0.5) is 14.6 Å². The lowest BCUT2D eigenvalue weighted by Gasteiger charge is -2.41. The van der Waals surface area contributed by atoms with Gasteiger partial charge in [0, 0.05) is 37.6 Å². The van der Waals surface area contributed by atoms with Gasteiger partial charge in [-0.25, -0.2) is 8.78 Å². The molecule has 2 saturated heterocycles. The highest BCUT2D eigenvalue weighted by Crippen LogP contribution is 2.58. The number of fused-ring (bicyclic) bond motifs is 4. The molecule has 2 aliphatic carbocycles. The monoisotopic (exact) mass is 584 g/mol. The zero-order chi connectivity index (χ0) is 29.8. The summed E-state index contributed by atoms with van der Waals surface area (Å²) >= 11 is 0. The zero-order valence-corrected chi connectivity index (χ0v) is 24.2. The summed E-state index contributed by atoms with van der Waals surface area (Å²) < 4.78 is 33.9. The van der Waals surface area contributed by atoms with Crippen molar-refractivity contribution in [3.63, 3.8) is 0 Å². The predicted octanol–water partition coefficient (Wildman–Crippen LogP) is 4.79. The number of likely N-dealkylation sites (tertiary alicyclic amines) is 1. The molecule has 1 saturated carbocycles. The molecule has 7 rings (SSSR count). The van der Waals surface area contributed by atoms with Gasteiger partial charge in [0.2, 0.25) is 0 Å². The number of anilines is 1. The van der Waals surface area contributed by atoms with Crippen LogP contribution in [0.25, 0.3) is 22.0 Å². The highest BCUT2D eigenvalue weighted by molar-refractivity contribution is 5.94. The molecule has 5 atom stereocenters. The van der Waals surface area contributed by atoms with Gasteiger partial charge in [0.25, 0.3) is 5.91 Å². The molecule has 4 aliphatic rings. The molecule has 8 nitrogen and oxygen atoms in total. The summed E-state index contributed by atoms with van der Waals surface area (Å²) in [7, 11) is 1.89. The number of aromatic nitrogens is 2. The number of amides is 1. The Hall–Kier alpha value is -4.10. The van der Waals surface area contributed by atoms with Crippen LogP contribution in [0.15, 0.2) is 48.8 Å². The van der Waals surface area contributed by atoms with Gasteiger partial charge in [-0.1, -0.05) is 30.8 Å². The average molecular weight is 585 g/mol. The Balaban J connectivity index is 1.25. The third-order valence-electron chi connectivity index (χ3n) is 9.58. The average Bonchev–Trinajstić information content (AvgIpc) is 3.54. The number of hydrogen-bond acceptors (Lipinski definition) is 7. The molecule has 222 valence electrons. The van der Waals surface area contributed by atoms with E-state index in [1.165, 1.54) is 28.0 Å². The van der Waals surface area contributed by atoms with Gasteiger partial charge in [0.05, 0.1) is 24.0 Å². The highest BCUT2D eigenvalue weighted by Gasteiger charge is 2.46. The number of benzene rings is 2. The summed E-state index contributed by atoms with van der Waals surface area (Å²) in [5, 5.41) is 10.3. The van der Waals surface area contributed by atoms with Crippen LogP contribution in [0.2, 0.25) is 0 Å². The normalized spacial score (nSPS) is 26.2. The van der Waals surface area contributed by atoms with E-state index in [1.807, 2.05) is 22.9 Å². The lowest BCUT2D eigenvalue weighted by molar-refractivity contribution is -0.131. The van der Waals surface area contributed by atoms with Gasteiger partial charge < -0.3 is 14.5 Å². The Morgan fingerprint density at radius 1 is 1.16 bits per heavy atom. The van der Waals surface area contributed by atoms with E-state index in [1.54, 1.807) is 0 Å². The van der Waals surface area contributed by atoms with Crippen LogP contribution in [0.3, 0.4) is 0 Å². The third kappa shape index (κ3) is 5.10. The molecular formula is C33H34F2N6O2. The van der Waals surface area contributed by atoms with Gasteiger partial charge in [-0.15, -0.1) is 0 Å². The minimum atomic E-state index is -1.04. The van der Waals surface area contributed by atoms with Crippen molar-refractivity contribution in [1.29, 1.82) is 5.26 Å². The number of nitrogens with zero attached hydrogens (tertiary/aromatic N) is 6. The van der Waals surface area contributed by atoms with E-state index in [4.69, 9.17) is 14.7 Å². The fourth-order valence-corrected chi connectivity index (χ4v) is 7.28. The van der Waals surface area contributed by atoms with Crippen molar-refractivity contribution in [2.75, 3.05) is 44.7 Å². The molecule has 43 heavy (non-hydrogen) atoms. The van der Waals surface area contributed by atoms with Crippen molar-refractivity contribution in [2.24, 2.45) is 5.92 Å². The number of likely N-dealkylation sites (N-methyl/N-ethyl adjacent to an activating group) is 1. The first-order chi connectivity index (χ1) is 20.8. The second kappa shape index (κ2) is 10.9. The SMILES string of the molecule is C=C(F)C(=O)N1CCN(c2nc(OC[C@@H]3C[C@@H](F)CN3C)nc3cc(-c4cccc5c4C4CC4C5)ccc23)C[C@@H]1CC#N. The number of nitriles is 1. The van der Waals surface area contributed by atoms with Gasteiger partial charge >= 0.3 is 6.01 Å². The molecule has 1 aromatic heterocycles. The molecule has 2 unspecified atom stereocenters. The number of alkyl halides is 1. The van der Waals surface area contributed by atoms with Crippen LogP contribution >= 0.6 is 0 Å². The molecule has 0 bridgehead atoms. The maximum Gasteiger partial charge on any atom is 0.319 e. The summed E-state index contributed by atoms with van der Waals surface area (Å²) in [5.41, 5.74) is 5.93. The number of piperazine rings is 1. The van der Waals surface area contributed by atoms with Crippen molar-refractivity contribution in [3.05, 3.63) is 59.9 Å². The van der Waals surface area contributed by atoms with Gasteiger partial charge in [0.15, 0.2) is 5.83 Å². The Kier molecular flexibility index (Phi) is 7.01. The standard InChI is InChI=1S/C33H34F2N6O2/c1-19(34)32(42)41-11-10-40(17-24(41)8-9-36)31-27-7-6-20(26-5-3-4-21-12-22-13-28(22)30(21)26)14-29(27)37-33(38-31)43-18-25-15-23(35)16-39(25)2/h3-7,14,22-25,28H,1,8,10-13,15-18H2,2H3/t22?,23-,24+,25+,28?/m1/s1. The highest BCUT2D eigenvalue weighted by atomic mass is 19.1. The molecule has 0 radical (unpaired) electrons. The van der Waals surface area contributed by atoms with Gasteiger partial charge in [-0.3, -0.25) is 9.69 Å². The van der Waals surface area contributed by atoms with Crippen LogP contribution < -0.4 is 9.64 Å². The largest absolute Gasteiger partial charge is 0.462 e. The molecule has 0 spiro atoms. The fourth-order valence-electron chi connectivity index (χ4n) is 7.28. The van der Waals surface area contributed by atoms with E-state index < -0.39 is 23.9 Å². The first-order valence-electron chi connectivity index (χ1n) is 15.0. The molecule has 10 heteroatoms. The molecule has 3 heterocycles. The Labute approximate surface area is 249 Å². The Morgan fingerprint density at radius 2 is 2.02 bits per heavy atom. The molecule has 0 N–H and O–H groups in total. The van der Waals surface area contributed by atoms with Crippen molar-refractivity contribution in [2.45, 2.75) is 49.9 Å². The van der Waals surface area contributed by atoms with E-state index in [9.17, 15) is 18.8 Å². The summed E-state index contributed by atoms with van der Waals surface area (Å²) in [6.07, 6.45) is 1.96. The van der Waals surface area contributed by atoms with Crippen LogP contribution in [0.1, 0.15) is 36.3 Å². The summed E-state index contributed by atoms with van der Waals surface area (Å²) in [4.78, 5) is 27.4. The molecule has 1 amide bonds. The quantitative estimate of drug-likeness (QED) is 0.369. The molecule has 2 aromatic carbocycles. The minimum absolute atomic E-state index is 0.0474. The van der Waals surface area contributed by atoms with E-state index in [-0.39, 0.29) is 31.6 Å². The van der Waals surface area contributed by atoms with E-state index >= 15 is 0 Å². The minimum Gasteiger partial charge on any atom is -0.462 e. The topological polar surface area (TPSA) is 85.6 Å². The van der Waals surface area contributed by atoms with Crippen LogP contribution in [0.5, 0.6) is 6.01 Å². The van der Waals surface area contributed by atoms with E-state index in [0.29, 0.717) is 37.8 Å². The second-order valence-corrected chi connectivity index (χ2v) is 12.3. The Morgan fingerprint density at radius 3 is 2.79 bits per heavy atom. The van der Waals surface area contributed by atoms with E-state index in [2.05, 4.69) is 43.0 Å². The summed E-state index contributed by atoms with van der Waals surface area (Å²) in [6.45, 7) is 4.70. The Bertz CT molecular complexity index is 1660. The van der Waals surface area contributed by atoms with Crippen LogP contribution in [0, 0.1) is 17.2 Å². The first-order valence-corrected chi connectivity index (χ1v) is 15.0. The lowest BCUT2D eigenvalue weighted by Crippen LogP contribution is -2.55. The number of carbonyl (C=O) groups is 1. The van der Waals surface area contributed by atoms with Crippen molar-refractivity contribution < 1.29 is 18.3 Å². The van der Waals surface area contributed by atoms with Crippen molar-refractivity contribution in [1.82, 2.24) is 19.8 Å². The van der Waals surface area contributed by atoms with Crippen LogP contribution in [-0.4, -0.2) is 83.8 Å². The molecular weight excluding hydrogens is 550 g/mol. The smallest absolute Gasteiger partial charge is 0.319 e. The number of carbonyl (C=O) groups excluding carboxylic acids is 1. The lowest BCUT2D eigenvalue weighted by atomic mass is 9.94. The number of hydrogen-bond donors (Lipinski definition) is 0. The summed E-state index contributed by atoms with van der Waals surface area (Å²) in [5.74, 6) is 0.209.